The quantitative estimate of drug-likeness (QED) is 0.151. The van der Waals surface area contributed by atoms with Gasteiger partial charge in [0.25, 0.3) is 0 Å². The minimum Gasteiger partial charge on any atom is -0.306 e. The zero-order valence-corrected chi connectivity index (χ0v) is 35.3. The lowest BCUT2D eigenvalue weighted by molar-refractivity contribution is 0.445. The van der Waals surface area contributed by atoms with Gasteiger partial charge in [0, 0.05) is 48.7 Å². The summed E-state index contributed by atoms with van der Waals surface area (Å²) in [6.45, 7) is 9.91. The van der Waals surface area contributed by atoms with Gasteiger partial charge in [-0.05, 0) is 147 Å². The Hall–Kier alpha value is -7.08. The van der Waals surface area contributed by atoms with Crippen molar-refractivity contribution in [2.75, 3.05) is 0 Å². The van der Waals surface area contributed by atoms with E-state index in [0.717, 1.165) is 95.4 Å². The summed E-state index contributed by atoms with van der Waals surface area (Å²) in [6, 6.07) is 26.2. The van der Waals surface area contributed by atoms with Crippen molar-refractivity contribution in [3.63, 3.8) is 0 Å². The van der Waals surface area contributed by atoms with Crippen molar-refractivity contribution in [1.82, 2.24) is 48.6 Å². The average molecular weight is 827 g/mol. The molecule has 0 spiro atoms. The Morgan fingerprint density at radius 3 is 1.32 bits per heavy atom. The van der Waals surface area contributed by atoms with Crippen molar-refractivity contribution in [1.29, 1.82) is 0 Å². The van der Waals surface area contributed by atoms with Crippen molar-refractivity contribution >= 4 is 24.3 Å². The van der Waals surface area contributed by atoms with E-state index in [1.807, 2.05) is 106 Å². The zero-order valence-electron chi connectivity index (χ0n) is 35.3. The second kappa shape index (κ2) is 17.5. The summed E-state index contributed by atoms with van der Waals surface area (Å²) in [6.07, 6.45) is 19.8. The van der Waals surface area contributed by atoms with Crippen LogP contribution in [-0.2, 0) is 13.1 Å². The summed E-state index contributed by atoms with van der Waals surface area (Å²) >= 11 is 0. The Morgan fingerprint density at radius 2 is 0.952 bits per heavy atom. The van der Waals surface area contributed by atoms with E-state index in [0.29, 0.717) is 11.6 Å². The summed E-state index contributed by atoms with van der Waals surface area (Å²) < 4.78 is 34.7. The molecule has 12 heteroatoms. The number of aromatic nitrogens is 10. The number of aryl methyl sites for hydroxylation is 6. The molecule has 4 aromatic heterocycles. The van der Waals surface area contributed by atoms with Gasteiger partial charge < -0.3 is 9.13 Å². The smallest absolute Gasteiger partial charge is 0.174 e. The van der Waals surface area contributed by atoms with Gasteiger partial charge in [0.05, 0.1) is 24.0 Å². The maximum absolute atomic E-state index is 13.3. The summed E-state index contributed by atoms with van der Waals surface area (Å²) in [7, 11) is 0. The van der Waals surface area contributed by atoms with Crippen molar-refractivity contribution in [2.24, 2.45) is 0 Å². The number of nitrogens with zero attached hydrogens (tertiary/aromatic N) is 10. The van der Waals surface area contributed by atoms with Gasteiger partial charge in [-0.25, -0.2) is 38.1 Å². The van der Waals surface area contributed by atoms with E-state index in [4.69, 9.17) is 9.97 Å². The lowest BCUT2D eigenvalue weighted by Crippen LogP contribution is -2.17. The molecule has 0 amide bonds. The SMILES string of the molecule is Cc1cn(-c2ccc(/C=C/c3nc4n(n3)CCC[C@@H]4c3ccc(F)cc3)cc2C)cn1.Cc1cn(-c2ccc(/C=C/c3nc4n(n3)CCC[C@H]4c3ccc(F)cc3)cc2C)cn1. The predicted octanol–water partition coefficient (Wildman–Crippen LogP) is 10.6. The highest BCUT2D eigenvalue weighted by molar-refractivity contribution is 5.69. The van der Waals surface area contributed by atoms with Gasteiger partial charge in [0.15, 0.2) is 11.6 Å². The normalized spacial score (nSPS) is 16.0. The lowest BCUT2D eigenvalue weighted by Gasteiger charge is -2.22. The van der Waals surface area contributed by atoms with E-state index >= 15 is 0 Å². The molecule has 6 heterocycles. The fraction of sp³-hybridized carbons (Fsp3) is 0.240. The van der Waals surface area contributed by atoms with E-state index in [1.54, 1.807) is 0 Å². The van der Waals surface area contributed by atoms with Gasteiger partial charge in [-0.2, -0.15) is 10.2 Å². The summed E-state index contributed by atoms with van der Waals surface area (Å²) in [4.78, 5) is 18.2. The van der Waals surface area contributed by atoms with Gasteiger partial charge in [0.2, 0.25) is 0 Å². The maximum atomic E-state index is 13.3. The molecule has 2 aliphatic rings. The first kappa shape index (κ1) is 40.3. The number of hydrogen-bond acceptors (Lipinski definition) is 6. The molecule has 0 aliphatic carbocycles. The molecule has 0 fully saturated rings. The Balaban J connectivity index is 0.000000158. The minimum absolute atomic E-state index is 0.157. The molecule has 8 aromatic rings. The Morgan fingerprint density at radius 1 is 0.532 bits per heavy atom. The van der Waals surface area contributed by atoms with E-state index < -0.39 is 0 Å². The van der Waals surface area contributed by atoms with Crippen LogP contribution in [0.5, 0.6) is 0 Å². The van der Waals surface area contributed by atoms with Crippen LogP contribution >= 0.6 is 0 Å². The van der Waals surface area contributed by atoms with Gasteiger partial charge in [-0.1, -0.05) is 48.6 Å². The first-order valence-corrected chi connectivity index (χ1v) is 21.1. The van der Waals surface area contributed by atoms with Gasteiger partial charge in [-0.15, -0.1) is 0 Å². The summed E-state index contributed by atoms with van der Waals surface area (Å²) in [5, 5.41) is 9.36. The Bertz CT molecular complexity index is 2700. The fourth-order valence-corrected chi connectivity index (χ4v) is 8.49. The van der Waals surface area contributed by atoms with Crippen LogP contribution in [0.15, 0.2) is 110 Å². The number of fused-ring (bicyclic) bond motifs is 2. The standard InChI is InChI=1S/2C25H24FN5/c2*1-17-14-19(5-11-23(17)30-15-18(2)27-16-30)6-12-24-28-25-22(4-3-13-31(25)29-24)20-7-9-21(26)10-8-20/h2*5-12,14-16,22H,3-4,13H2,1-2H3/b2*12-6+/t2*22-/m10/s1. The Kier molecular flexibility index (Phi) is 11.4. The molecule has 10 nitrogen and oxygen atoms in total. The number of rotatable bonds is 8. The van der Waals surface area contributed by atoms with Crippen LogP contribution in [0.4, 0.5) is 8.78 Å². The van der Waals surface area contributed by atoms with Gasteiger partial charge in [-0.3, -0.25) is 0 Å². The van der Waals surface area contributed by atoms with Gasteiger partial charge >= 0.3 is 0 Å². The molecule has 0 radical (unpaired) electrons. The molecule has 0 unspecified atom stereocenters. The minimum atomic E-state index is -0.214. The molecule has 2 aliphatic heterocycles. The molecule has 2 atom stereocenters. The van der Waals surface area contributed by atoms with Crippen LogP contribution in [0.2, 0.25) is 0 Å². The molecule has 0 saturated carbocycles. The molecule has 0 bridgehead atoms. The molecule has 4 aromatic carbocycles. The van der Waals surface area contributed by atoms with E-state index in [9.17, 15) is 8.78 Å². The summed E-state index contributed by atoms with van der Waals surface area (Å²) in [5.74, 6) is 3.21. The summed E-state index contributed by atoms with van der Waals surface area (Å²) in [5.41, 5.74) is 11.0. The largest absolute Gasteiger partial charge is 0.306 e. The zero-order chi connectivity index (χ0) is 42.7. The van der Waals surface area contributed by atoms with Crippen molar-refractivity contribution in [3.8, 4) is 11.4 Å². The average Bonchev–Trinajstić information content (AvgIpc) is 4.10. The number of imidazole rings is 2. The lowest BCUT2D eigenvalue weighted by atomic mass is 9.91. The molecule has 0 saturated heterocycles. The van der Waals surface area contributed by atoms with Crippen molar-refractivity contribution in [3.05, 3.63) is 190 Å². The van der Waals surface area contributed by atoms with Crippen molar-refractivity contribution in [2.45, 2.75) is 78.3 Å². The van der Waals surface area contributed by atoms with Crippen LogP contribution < -0.4 is 0 Å². The van der Waals surface area contributed by atoms with Crippen molar-refractivity contribution < 1.29 is 8.78 Å². The topological polar surface area (TPSA) is 97.1 Å². The van der Waals surface area contributed by atoms with E-state index in [2.05, 4.69) is 70.4 Å². The second-order valence-corrected chi connectivity index (χ2v) is 16.2. The molecule has 62 heavy (non-hydrogen) atoms. The third-order valence-corrected chi connectivity index (χ3v) is 11.6. The number of halogens is 2. The molecule has 312 valence electrons. The van der Waals surface area contributed by atoms with Crippen LogP contribution in [0, 0.1) is 39.3 Å². The Labute approximate surface area is 360 Å². The third kappa shape index (κ3) is 8.86. The highest BCUT2D eigenvalue weighted by atomic mass is 19.1. The highest BCUT2D eigenvalue weighted by Crippen LogP contribution is 2.34. The monoisotopic (exact) mass is 826 g/mol. The maximum Gasteiger partial charge on any atom is 0.174 e. The second-order valence-electron chi connectivity index (χ2n) is 16.2. The van der Waals surface area contributed by atoms with Gasteiger partial charge in [0.1, 0.15) is 23.3 Å². The molecule has 0 N–H and O–H groups in total. The molecular weight excluding hydrogens is 779 g/mol. The van der Waals surface area contributed by atoms with Crippen LogP contribution in [0.25, 0.3) is 35.7 Å². The van der Waals surface area contributed by atoms with E-state index in [-0.39, 0.29) is 23.5 Å². The third-order valence-electron chi connectivity index (χ3n) is 11.6. The number of benzene rings is 4. The first-order chi connectivity index (χ1) is 30.1. The van der Waals surface area contributed by atoms with Crippen LogP contribution in [0.3, 0.4) is 0 Å². The predicted molar refractivity (Wildman–Crippen MR) is 239 cm³/mol. The fourth-order valence-electron chi connectivity index (χ4n) is 8.49. The molecular formula is C50H48F2N10. The molecule has 10 rings (SSSR count). The van der Waals surface area contributed by atoms with E-state index in [1.165, 1.54) is 35.4 Å². The number of hydrogen-bond donors (Lipinski definition) is 0. The van der Waals surface area contributed by atoms with Crippen LogP contribution in [-0.4, -0.2) is 48.6 Å². The van der Waals surface area contributed by atoms with Crippen LogP contribution in [0.1, 0.15) is 106 Å². The first-order valence-electron chi connectivity index (χ1n) is 21.1. The highest BCUT2D eigenvalue weighted by Gasteiger charge is 2.26.